The summed E-state index contributed by atoms with van der Waals surface area (Å²) in [4.78, 5) is 17.8. The number of hydrogen-bond donors (Lipinski definition) is 1. The summed E-state index contributed by atoms with van der Waals surface area (Å²) in [7, 11) is 3.22. The molecule has 2 unspecified atom stereocenters. The fraction of sp³-hybridized carbons (Fsp3) is 0.261. The molecule has 0 spiro atoms. The Balaban J connectivity index is 1.61. The predicted octanol–water partition coefficient (Wildman–Crippen LogP) is 4.36. The fourth-order valence-electron chi connectivity index (χ4n) is 4.45. The van der Waals surface area contributed by atoms with Crippen LogP contribution in [0.15, 0.2) is 60.1 Å². The lowest BCUT2D eigenvalue weighted by Gasteiger charge is -2.35. The van der Waals surface area contributed by atoms with Gasteiger partial charge >= 0.3 is 0 Å². The van der Waals surface area contributed by atoms with E-state index >= 15 is 0 Å². The van der Waals surface area contributed by atoms with Crippen molar-refractivity contribution in [1.82, 2.24) is 14.8 Å². The van der Waals surface area contributed by atoms with Gasteiger partial charge in [0.2, 0.25) is 5.95 Å². The van der Waals surface area contributed by atoms with Crippen molar-refractivity contribution in [1.29, 1.82) is 0 Å². The van der Waals surface area contributed by atoms with Gasteiger partial charge in [0, 0.05) is 34.3 Å². The van der Waals surface area contributed by atoms with Gasteiger partial charge in [-0.05, 0) is 42.2 Å². The maximum atomic E-state index is 13.5. The van der Waals surface area contributed by atoms with Gasteiger partial charge in [0.25, 0.3) is 0 Å². The van der Waals surface area contributed by atoms with E-state index in [-0.39, 0.29) is 11.7 Å². The summed E-state index contributed by atoms with van der Waals surface area (Å²) in [5.41, 5.74) is 3.50. The summed E-state index contributed by atoms with van der Waals surface area (Å²) in [5, 5.41) is 8.42. The van der Waals surface area contributed by atoms with E-state index in [0.29, 0.717) is 40.9 Å². The summed E-state index contributed by atoms with van der Waals surface area (Å²) in [6.07, 6.45) is 2.61. The lowest BCUT2D eigenvalue weighted by Crippen LogP contribution is -2.33. The van der Waals surface area contributed by atoms with Crippen molar-refractivity contribution >= 4 is 23.3 Å². The number of allylic oxidation sites excluding steroid dienone is 2. The highest BCUT2D eigenvalue weighted by Crippen LogP contribution is 2.46. The third-order valence-electron chi connectivity index (χ3n) is 5.94. The molecule has 5 rings (SSSR count). The van der Waals surface area contributed by atoms with Crippen LogP contribution in [0.5, 0.6) is 11.5 Å². The monoisotopic (exact) mass is 436 g/mol. The molecular formula is C23H21ClN4O3. The van der Waals surface area contributed by atoms with Gasteiger partial charge in [-0.1, -0.05) is 23.7 Å². The van der Waals surface area contributed by atoms with Crippen LogP contribution in [-0.2, 0) is 4.79 Å². The molecule has 7 nitrogen and oxygen atoms in total. The zero-order valence-corrected chi connectivity index (χ0v) is 17.9. The SMILES string of the molecule is COc1ccc(C2C3=C(CC(c4ccc(Cl)cc4)CC3=O)Nc3ncnn32)c(OC)c1. The number of carbonyl (C=O) groups excluding carboxylic acids is 1. The lowest BCUT2D eigenvalue weighted by molar-refractivity contribution is -0.116. The van der Waals surface area contributed by atoms with E-state index in [4.69, 9.17) is 21.1 Å². The van der Waals surface area contributed by atoms with Crippen LogP contribution in [-0.4, -0.2) is 34.8 Å². The molecule has 0 saturated heterocycles. The molecule has 0 saturated carbocycles. The standard InChI is InChI=1S/C23H21ClN4O3/c1-30-16-7-8-17(20(11-16)31-2)22-21-18(27-23-25-12-26-28(22)23)9-14(10-19(21)29)13-3-5-15(24)6-4-13/h3-8,11-12,14,22H,9-10H2,1-2H3,(H,25,26,27). The number of ketones is 1. The summed E-state index contributed by atoms with van der Waals surface area (Å²) >= 11 is 6.04. The first-order chi connectivity index (χ1) is 15.1. The number of hydrogen-bond acceptors (Lipinski definition) is 6. The van der Waals surface area contributed by atoms with Gasteiger partial charge < -0.3 is 14.8 Å². The maximum absolute atomic E-state index is 13.5. The van der Waals surface area contributed by atoms with Gasteiger partial charge in [-0.15, -0.1) is 0 Å². The lowest BCUT2D eigenvalue weighted by atomic mass is 9.78. The van der Waals surface area contributed by atoms with Crippen molar-refractivity contribution in [3.05, 3.63) is 76.2 Å². The molecule has 2 heterocycles. The second-order valence-corrected chi connectivity index (χ2v) is 8.07. The molecule has 8 heteroatoms. The quantitative estimate of drug-likeness (QED) is 0.654. The highest BCUT2D eigenvalue weighted by atomic mass is 35.5. The third-order valence-corrected chi connectivity index (χ3v) is 6.19. The normalized spacial score (nSPS) is 20.0. The van der Waals surface area contributed by atoms with Gasteiger partial charge in [0.05, 0.1) is 14.2 Å². The largest absolute Gasteiger partial charge is 0.497 e. The number of nitrogens with one attached hydrogen (secondary N) is 1. The number of rotatable bonds is 4. The summed E-state index contributed by atoms with van der Waals surface area (Å²) in [6, 6.07) is 12.9. The van der Waals surface area contributed by atoms with E-state index in [1.165, 1.54) is 6.33 Å². The molecule has 31 heavy (non-hydrogen) atoms. The Labute approximate surface area is 184 Å². The summed E-state index contributed by atoms with van der Waals surface area (Å²) in [6.45, 7) is 0. The average Bonchev–Trinajstić information content (AvgIpc) is 3.26. The van der Waals surface area contributed by atoms with E-state index in [0.717, 1.165) is 16.8 Å². The number of carbonyl (C=O) groups is 1. The van der Waals surface area contributed by atoms with Crippen LogP contribution in [0.2, 0.25) is 5.02 Å². The van der Waals surface area contributed by atoms with Crippen molar-refractivity contribution < 1.29 is 14.3 Å². The molecular weight excluding hydrogens is 416 g/mol. The number of Topliss-reactive ketones (excluding diaryl/α,β-unsaturated/α-hetero) is 1. The molecule has 2 aromatic carbocycles. The van der Waals surface area contributed by atoms with E-state index < -0.39 is 6.04 Å². The molecule has 0 bridgehead atoms. The van der Waals surface area contributed by atoms with Gasteiger partial charge in [-0.25, -0.2) is 4.68 Å². The topological polar surface area (TPSA) is 78.3 Å². The first kappa shape index (κ1) is 19.6. The summed E-state index contributed by atoms with van der Waals surface area (Å²) in [5.74, 6) is 2.07. The first-order valence-electron chi connectivity index (χ1n) is 9.99. The van der Waals surface area contributed by atoms with Crippen molar-refractivity contribution in [3.8, 4) is 11.5 Å². The van der Waals surface area contributed by atoms with Crippen LogP contribution >= 0.6 is 11.6 Å². The van der Waals surface area contributed by atoms with E-state index in [9.17, 15) is 4.79 Å². The molecule has 2 aliphatic rings. The minimum absolute atomic E-state index is 0.0731. The van der Waals surface area contributed by atoms with Crippen LogP contribution < -0.4 is 14.8 Å². The Bertz CT molecular complexity index is 1190. The number of fused-ring (bicyclic) bond motifs is 1. The molecule has 1 aliphatic heterocycles. The van der Waals surface area contributed by atoms with E-state index in [1.54, 1.807) is 18.9 Å². The molecule has 0 amide bonds. The second kappa shape index (κ2) is 7.74. The molecule has 0 fully saturated rings. The molecule has 158 valence electrons. The van der Waals surface area contributed by atoms with Crippen LogP contribution in [0, 0.1) is 0 Å². The smallest absolute Gasteiger partial charge is 0.226 e. The number of ether oxygens (including phenoxy) is 2. The molecule has 3 aromatic rings. The van der Waals surface area contributed by atoms with E-state index in [1.807, 2.05) is 42.5 Å². The van der Waals surface area contributed by atoms with E-state index in [2.05, 4.69) is 15.4 Å². The zero-order valence-electron chi connectivity index (χ0n) is 17.1. The first-order valence-corrected chi connectivity index (χ1v) is 10.4. The fourth-order valence-corrected chi connectivity index (χ4v) is 4.58. The maximum Gasteiger partial charge on any atom is 0.226 e. The number of halogens is 1. The molecule has 0 radical (unpaired) electrons. The van der Waals surface area contributed by atoms with Crippen molar-refractivity contribution in [2.45, 2.75) is 24.8 Å². The van der Waals surface area contributed by atoms with Crippen molar-refractivity contribution in [2.24, 2.45) is 0 Å². The van der Waals surface area contributed by atoms with Gasteiger partial charge in [-0.2, -0.15) is 10.1 Å². The number of nitrogens with zero attached hydrogens (tertiary/aromatic N) is 3. The average molecular weight is 437 g/mol. The van der Waals surface area contributed by atoms with Crippen LogP contribution in [0.4, 0.5) is 5.95 Å². The Hall–Kier alpha value is -3.32. The molecule has 1 N–H and O–H groups in total. The predicted molar refractivity (Wildman–Crippen MR) is 117 cm³/mol. The number of anilines is 1. The Morgan fingerprint density at radius 1 is 1.10 bits per heavy atom. The number of benzene rings is 2. The van der Waals surface area contributed by atoms with Crippen LogP contribution in [0.25, 0.3) is 0 Å². The van der Waals surface area contributed by atoms with Gasteiger partial charge in [0.1, 0.15) is 23.9 Å². The minimum atomic E-state index is -0.423. The summed E-state index contributed by atoms with van der Waals surface area (Å²) < 4.78 is 12.7. The molecule has 1 aromatic heterocycles. The molecule has 1 aliphatic carbocycles. The zero-order chi connectivity index (χ0) is 21.5. The Kier molecular flexibility index (Phi) is 4.90. The van der Waals surface area contributed by atoms with Crippen molar-refractivity contribution in [2.75, 3.05) is 19.5 Å². The van der Waals surface area contributed by atoms with Gasteiger partial charge in [-0.3, -0.25) is 4.79 Å². The van der Waals surface area contributed by atoms with Gasteiger partial charge in [0.15, 0.2) is 5.78 Å². The molecule has 2 atom stereocenters. The highest BCUT2D eigenvalue weighted by Gasteiger charge is 2.40. The minimum Gasteiger partial charge on any atom is -0.497 e. The highest BCUT2D eigenvalue weighted by molar-refractivity contribution is 6.30. The second-order valence-electron chi connectivity index (χ2n) is 7.64. The third kappa shape index (κ3) is 3.35. The van der Waals surface area contributed by atoms with Crippen molar-refractivity contribution in [3.63, 3.8) is 0 Å². The number of methoxy groups -OCH3 is 2. The van der Waals surface area contributed by atoms with Crippen LogP contribution in [0.3, 0.4) is 0 Å². The Morgan fingerprint density at radius 2 is 1.90 bits per heavy atom. The number of aromatic nitrogens is 3. The Morgan fingerprint density at radius 3 is 2.65 bits per heavy atom. The van der Waals surface area contributed by atoms with Crippen LogP contribution in [0.1, 0.15) is 35.9 Å².